The molecular weight excluding hydrogens is 303 g/mol. The van der Waals surface area contributed by atoms with Gasteiger partial charge < -0.3 is 10.1 Å². The molecule has 0 bridgehead atoms. The Hall–Kier alpha value is -2.62. The largest absolute Gasteiger partial charge is 0.477 e. The second-order valence-electron chi connectivity index (χ2n) is 6.02. The molecule has 2 heterocycles. The number of hydrogen-bond donors (Lipinski definition) is 1. The molecule has 0 amide bonds. The number of nitrogens with zero attached hydrogens (tertiary/aromatic N) is 1. The van der Waals surface area contributed by atoms with Gasteiger partial charge in [-0.2, -0.15) is 0 Å². The van der Waals surface area contributed by atoms with E-state index < -0.39 is 0 Å². The van der Waals surface area contributed by atoms with Gasteiger partial charge in [-0.05, 0) is 37.0 Å². The normalized spacial score (nSPS) is 13.4. The van der Waals surface area contributed by atoms with Gasteiger partial charge in [-0.1, -0.05) is 36.4 Å². The van der Waals surface area contributed by atoms with Gasteiger partial charge in [0, 0.05) is 12.1 Å². The Labute approximate surface area is 140 Å². The Morgan fingerprint density at radius 2 is 1.96 bits per heavy atom. The Kier molecular flexibility index (Phi) is 4.03. The van der Waals surface area contributed by atoms with Crippen molar-refractivity contribution in [2.24, 2.45) is 0 Å². The lowest BCUT2D eigenvalue weighted by molar-refractivity contribution is 0.278. The molecule has 0 atom stereocenters. The molecule has 0 unspecified atom stereocenters. The summed E-state index contributed by atoms with van der Waals surface area (Å²) in [5.74, 6) is 0.400. The number of fused-ring (bicyclic) bond motifs is 2. The quantitative estimate of drug-likeness (QED) is 0.775. The van der Waals surface area contributed by atoms with Crippen LogP contribution in [0.15, 0.2) is 48.5 Å². The van der Waals surface area contributed by atoms with Crippen LogP contribution in [0, 0.1) is 5.82 Å². The molecular formula is C20H19FN2O. The van der Waals surface area contributed by atoms with E-state index >= 15 is 0 Å². The topological polar surface area (TPSA) is 34.2 Å². The van der Waals surface area contributed by atoms with Gasteiger partial charge in [0.2, 0.25) is 5.88 Å². The molecule has 0 radical (unpaired) electrons. The summed E-state index contributed by atoms with van der Waals surface area (Å²) < 4.78 is 20.1. The highest BCUT2D eigenvalue weighted by Gasteiger charge is 2.21. The van der Waals surface area contributed by atoms with Crippen LogP contribution in [-0.4, -0.2) is 18.1 Å². The second kappa shape index (κ2) is 6.48. The molecule has 0 saturated carbocycles. The average Bonchev–Trinajstić information content (AvgIpc) is 2.62. The van der Waals surface area contributed by atoms with E-state index in [1.54, 1.807) is 6.07 Å². The summed E-state index contributed by atoms with van der Waals surface area (Å²) >= 11 is 0. The summed E-state index contributed by atoms with van der Waals surface area (Å²) in [6, 6.07) is 15.3. The molecule has 3 aromatic rings. The first-order valence-electron chi connectivity index (χ1n) is 8.34. The standard InChI is InChI=1S/C20H19FN2O/c21-16-9-4-10-17-18(16)19(15-8-5-13-24-20(15)23-17)22-12-11-14-6-2-1-3-7-14/h1-4,6-7,9-10H,5,8,11-13H2,(H,22,23). The molecule has 1 aromatic heterocycles. The van der Waals surface area contributed by atoms with Crippen LogP contribution in [0.1, 0.15) is 17.5 Å². The van der Waals surface area contributed by atoms with E-state index in [4.69, 9.17) is 4.74 Å². The first-order chi connectivity index (χ1) is 11.8. The third-order valence-electron chi connectivity index (χ3n) is 4.39. The molecule has 1 N–H and O–H groups in total. The lowest BCUT2D eigenvalue weighted by atomic mass is 10.0. The minimum absolute atomic E-state index is 0.240. The zero-order valence-corrected chi connectivity index (χ0v) is 13.4. The molecule has 0 aliphatic carbocycles. The highest BCUT2D eigenvalue weighted by molar-refractivity contribution is 5.94. The molecule has 1 aliphatic heterocycles. The van der Waals surface area contributed by atoms with Gasteiger partial charge in [0.15, 0.2) is 0 Å². The number of ether oxygens (including phenoxy) is 1. The van der Waals surface area contributed by atoms with Gasteiger partial charge in [0.05, 0.1) is 23.2 Å². The van der Waals surface area contributed by atoms with E-state index in [1.165, 1.54) is 11.6 Å². The fourth-order valence-corrected chi connectivity index (χ4v) is 3.23. The minimum Gasteiger partial charge on any atom is -0.477 e. The molecule has 1 aliphatic rings. The van der Waals surface area contributed by atoms with E-state index in [9.17, 15) is 4.39 Å². The third-order valence-corrected chi connectivity index (χ3v) is 4.39. The summed E-state index contributed by atoms with van der Waals surface area (Å²) in [6.07, 6.45) is 2.68. The number of pyridine rings is 1. The monoisotopic (exact) mass is 322 g/mol. The van der Waals surface area contributed by atoms with Crippen molar-refractivity contribution in [3.8, 4) is 5.88 Å². The fraction of sp³-hybridized carbons (Fsp3) is 0.250. The van der Waals surface area contributed by atoms with Crippen LogP contribution < -0.4 is 10.1 Å². The van der Waals surface area contributed by atoms with E-state index in [-0.39, 0.29) is 5.82 Å². The maximum Gasteiger partial charge on any atom is 0.219 e. The number of anilines is 1. The van der Waals surface area contributed by atoms with Gasteiger partial charge in [0.1, 0.15) is 5.82 Å². The molecule has 122 valence electrons. The van der Waals surface area contributed by atoms with Crippen LogP contribution in [0.3, 0.4) is 0 Å². The van der Waals surface area contributed by atoms with Gasteiger partial charge in [-0.25, -0.2) is 9.37 Å². The predicted molar refractivity (Wildman–Crippen MR) is 94.2 cm³/mol. The summed E-state index contributed by atoms with van der Waals surface area (Å²) in [7, 11) is 0. The van der Waals surface area contributed by atoms with Gasteiger partial charge in [0.25, 0.3) is 0 Å². The van der Waals surface area contributed by atoms with E-state index in [0.29, 0.717) is 23.4 Å². The van der Waals surface area contributed by atoms with Crippen molar-refractivity contribution in [1.82, 2.24) is 4.98 Å². The summed E-state index contributed by atoms with van der Waals surface area (Å²) in [5.41, 5.74) is 3.72. The minimum atomic E-state index is -0.240. The Morgan fingerprint density at radius 1 is 1.08 bits per heavy atom. The van der Waals surface area contributed by atoms with Gasteiger partial charge in [-0.15, -0.1) is 0 Å². The van der Waals surface area contributed by atoms with Crippen LogP contribution in [-0.2, 0) is 12.8 Å². The number of hydrogen-bond acceptors (Lipinski definition) is 3. The summed E-state index contributed by atoms with van der Waals surface area (Å²) in [5, 5.41) is 4.01. The third kappa shape index (κ3) is 2.80. The average molecular weight is 322 g/mol. The molecule has 0 fully saturated rings. The predicted octanol–water partition coefficient (Wildman–Crippen LogP) is 4.35. The van der Waals surface area contributed by atoms with Crippen LogP contribution in [0.25, 0.3) is 10.9 Å². The molecule has 3 nitrogen and oxygen atoms in total. The molecule has 2 aromatic carbocycles. The van der Waals surface area contributed by atoms with Crippen molar-refractivity contribution in [3.05, 3.63) is 65.5 Å². The first kappa shape index (κ1) is 14.9. The Balaban J connectivity index is 1.69. The maximum atomic E-state index is 14.4. The van der Waals surface area contributed by atoms with E-state index in [1.807, 2.05) is 24.3 Å². The number of halogens is 1. The zero-order valence-electron chi connectivity index (χ0n) is 13.4. The van der Waals surface area contributed by atoms with E-state index in [2.05, 4.69) is 22.4 Å². The molecule has 4 rings (SSSR count). The van der Waals surface area contributed by atoms with Crippen LogP contribution in [0.4, 0.5) is 10.1 Å². The highest BCUT2D eigenvalue weighted by atomic mass is 19.1. The molecule has 0 saturated heterocycles. The SMILES string of the molecule is Fc1cccc2nc3c(c(NCCc4ccccc4)c12)CCCO3. The lowest BCUT2D eigenvalue weighted by Crippen LogP contribution is -2.15. The van der Waals surface area contributed by atoms with Crippen molar-refractivity contribution >= 4 is 16.6 Å². The Morgan fingerprint density at radius 3 is 2.83 bits per heavy atom. The van der Waals surface area contributed by atoms with Crippen molar-refractivity contribution in [2.75, 3.05) is 18.5 Å². The van der Waals surface area contributed by atoms with Crippen LogP contribution in [0.5, 0.6) is 5.88 Å². The lowest BCUT2D eigenvalue weighted by Gasteiger charge is -2.22. The number of nitrogens with one attached hydrogen (secondary N) is 1. The summed E-state index contributed by atoms with van der Waals surface area (Å²) in [6.45, 7) is 1.41. The molecule has 0 spiro atoms. The van der Waals surface area contributed by atoms with Crippen molar-refractivity contribution < 1.29 is 9.13 Å². The van der Waals surface area contributed by atoms with Crippen molar-refractivity contribution in [2.45, 2.75) is 19.3 Å². The highest BCUT2D eigenvalue weighted by Crippen LogP contribution is 2.36. The van der Waals surface area contributed by atoms with Crippen LogP contribution in [0.2, 0.25) is 0 Å². The number of rotatable bonds is 4. The Bertz CT molecular complexity index is 864. The van der Waals surface area contributed by atoms with Crippen LogP contribution >= 0.6 is 0 Å². The zero-order chi connectivity index (χ0) is 16.4. The van der Waals surface area contributed by atoms with Crippen molar-refractivity contribution in [3.63, 3.8) is 0 Å². The van der Waals surface area contributed by atoms with Gasteiger partial charge in [-0.3, -0.25) is 0 Å². The first-order valence-corrected chi connectivity index (χ1v) is 8.34. The number of benzene rings is 2. The van der Waals surface area contributed by atoms with E-state index in [0.717, 1.165) is 37.1 Å². The summed E-state index contributed by atoms with van der Waals surface area (Å²) in [4.78, 5) is 4.50. The molecule has 24 heavy (non-hydrogen) atoms. The smallest absolute Gasteiger partial charge is 0.219 e. The van der Waals surface area contributed by atoms with Crippen molar-refractivity contribution in [1.29, 1.82) is 0 Å². The fourth-order valence-electron chi connectivity index (χ4n) is 3.23. The van der Waals surface area contributed by atoms with Gasteiger partial charge >= 0.3 is 0 Å². The number of aromatic nitrogens is 1. The molecule has 4 heteroatoms. The maximum absolute atomic E-state index is 14.4. The second-order valence-corrected chi connectivity index (χ2v) is 6.02.